The zero-order valence-corrected chi connectivity index (χ0v) is 16.1. The summed E-state index contributed by atoms with van der Waals surface area (Å²) in [6.45, 7) is 7.97. The van der Waals surface area contributed by atoms with E-state index in [1.807, 2.05) is 30.5 Å². The van der Waals surface area contributed by atoms with Crippen LogP contribution < -0.4 is 5.32 Å². The normalized spacial score (nSPS) is 11.4. The van der Waals surface area contributed by atoms with Gasteiger partial charge >= 0.3 is 0 Å². The topological polar surface area (TPSA) is 77.2 Å². The van der Waals surface area contributed by atoms with Crippen LogP contribution in [0.15, 0.2) is 28.1 Å². The Labute approximate surface area is 156 Å². The first-order valence-corrected chi connectivity index (χ1v) is 9.61. The molecule has 7 heteroatoms. The number of pyridine rings is 1. The van der Waals surface area contributed by atoms with Gasteiger partial charge in [-0.05, 0) is 36.8 Å². The molecule has 6 nitrogen and oxygen atoms in total. The van der Waals surface area contributed by atoms with Gasteiger partial charge in [0.15, 0.2) is 0 Å². The van der Waals surface area contributed by atoms with Crippen molar-refractivity contribution in [2.45, 2.75) is 27.2 Å². The maximum Gasteiger partial charge on any atom is 0.259 e. The van der Waals surface area contributed by atoms with Crippen molar-refractivity contribution in [2.24, 2.45) is 5.92 Å². The highest BCUT2D eigenvalue weighted by Gasteiger charge is 2.19. The third kappa shape index (κ3) is 4.28. The maximum absolute atomic E-state index is 12.7. The molecule has 0 aliphatic rings. The Balaban J connectivity index is 1.73. The van der Waals surface area contributed by atoms with Gasteiger partial charge in [-0.15, -0.1) is 11.3 Å². The predicted molar refractivity (Wildman–Crippen MR) is 102 cm³/mol. The molecule has 0 aromatic carbocycles. The van der Waals surface area contributed by atoms with Gasteiger partial charge in [0.1, 0.15) is 0 Å². The summed E-state index contributed by atoms with van der Waals surface area (Å²) in [6, 6.07) is 5.73. The molecule has 3 heterocycles. The van der Waals surface area contributed by atoms with Crippen molar-refractivity contribution < 1.29 is 14.1 Å². The zero-order chi connectivity index (χ0) is 18.5. The fourth-order valence-electron chi connectivity index (χ4n) is 2.61. The fraction of sp³-hybridized carbons (Fsp3) is 0.421. The molecule has 0 fully saturated rings. The average molecular weight is 373 g/mol. The number of carbonyl (C=O) groups excluding carboxylic acids is 1. The number of nitrogens with zero attached hydrogens (tertiary/aromatic N) is 2. The molecule has 3 rings (SSSR count). The predicted octanol–water partition coefficient (Wildman–Crippen LogP) is 4.05. The van der Waals surface area contributed by atoms with E-state index in [9.17, 15) is 4.79 Å². The molecule has 0 aliphatic heterocycles. The first-order valence-electron chi connectivity index (χ1n) is 8.73. The Morgan fingerprint density at radius 1 is 1.42 bits per heavy atom. The lowest BCUT2D eigenvalue weighted by atomic mass is 10.1. The molecule has 0 spiro atoms. The molecule has 0 unspecified atom stereocenters. The maximum atomic E-state index is 12.7. The number of ether oxygens (including phenoxy) is 1. The Morgan fingerprint density at radius 3 is 3.00 bits per heavy atom. The molecule has 0 bridgehead atoms. The van der Waals surface area contributed by atoms with Gasteiger partial charge < -0.3 is 14.6 Å². The molecule has 1 N–H and O–H groups in total. The molecule has 3 aromatic heterocycles. The fourth-order valence-corrected chi connectivity index (χ4v) is 3.30. The van der Waals surface area contributed by atoms with Gasteiger partial charge in [-0.3, -0.25) is 4.79 Å². The quantitative estimate of drug-likeness (QED) is 0.603. The molecule has 138 valence electrons. The summed E-state index contributed by atoms with van der Waals surface area (Å²) >= 11 is 1.57. The van der Waals surface area contributed by atoms with Crippen molar-refractivity contribution in [2.75, 3.05) is 19.8 Å². The van der Waals surface area contributed by atoms with Crippen LogP contribution in [0.5, 0.6) is 0 Å². The standard InChI is InChI=1S/C19H23N3O3S/c1-12(2)11-24-8-5-7-20-18(23)14-10-15(16-6-4-9-26-16)21-19-17(14)13(3)22-25-19/h4,6,9-10,12H,5,7-8,11H2,1-3H3,(H,20,23). The Bertz CT molecular complexity index is 872. The Kier molecular flexibility index (Phi) is 6.00. The summed E-state index contributed by atoms with van der Waals surface area (Å²) in [7, 11) is 0. The van der Waals surface area contributed by atoms with Crippen molar-refractivity contribution >= 4 is 28.3 Å². The van der Waals surface area contributed by atoms with Crippen molar-refractivity contribution in [3.05, 3.63) is 34.8 Å². The summed E-state index contributed by atoms with van der Waals surface area (Å²) in [5.41, 5.74) is 2.31. The first kappa shape index (κ1) is 18.5. The van der Waals surface area contributed by atoms with Crippen LogP contribution in [0, 0.1) is 12.8 Å². The van der Waals surface area contributed by atoms with E-state index in [0.29, 0.717) is 47.1 Å². The molecule has 3 aromatic rings. The number of amides is 1. The minimum absolute atomic E-state index is 0.148. The molecule has 26 heavy (non-hydrogen) atoms. The second kappa shape index (κ2) is 8.42. The molecular formula is C19H23N3O3S. The second-order valence-corrected chi connectivity index (χ2v) is 7.51. The Morgan fingerprint density at radius 2 is 2.27 bits per heavy atom. The summed E-state index contributed by atoms with van der Waals surface area (Å²) in [5.74, 6) is 0.368. The summed E-state index contributed by atoms with van der Waals surface area (Å²) < 4.78 is 10.8. The lowest BCUT2D eigenvalue weighted by Crippen LogP contribution is -2.25. The van der Waals surface area contributed by atoms with Gasteiger partial charge in [0.2, 0.25) is 0 Å². The number of carbonyl (C=O) groups is 1. The second-order valence-electron chi connectivity index (χ2n) is 6.56. The third-order valence-electron chi connectivity index (χ3n) is 3.84. The largest absolute Gasteiger partial charge is 0.381 e. The van der Waals surface area contributed by atoms with Gasteiger partial charge in [0, 0.05) is 19.8 Å². The highest BCUT2D eigenvalue weighted by Crippen LogP contribution is 2.29. The SMILES string of the molecule is Cc1noc2nc(-c3cccs3)cc(C(=O)NCCCOCC(C)C)c12. The van der Waals surface area contributed by atoms with Crippen LogP contribution in [0.2, 0.25) is 0 Å². The van der Waals surface area contributed by atoms with Crippen molar-refractivity contribution in [3.8, 4) is 10.6 Å². The van der Waals surface area contributed by atoms with Crippen molar-refractivity contribution in [1.29, 1.82) is 0 Å². The molecule has 1 amide bonds. The van der Waals surface area contributed by atoms with Crippen molar-refractivity contribution in [3.63, 3.8) is 0 Å². The smallest absolute Gasteiger partial charge is 0.259 e. The molecule has 0 atom stereocenters. The lowest BCUT2D eigenvalue weighted by molar-refractivity contribution is 0.0926. The number of hydrogen-bond donors (Lipinski definition) is 1. The number of hydrogen-bond acceptors (Lipinski definition) is 6. The van der Waals surface area contributed by atoms with E-state index in [0.717, 1.165) is 17.9 Å². The summed E-state index contributed by atoms with van der Waals surface area (Å²) in [5, 5.41) is 9.56. The van der Waals surface area contributed by atoms with Gasteiger partial charge in [-0.1, -0.05) is 25.1 Å². The van der Waals surface area contributed by atoms with Crippen LogP contribution in [-0.4, -0.2) is 35.8 Å². The van der Waals surface area contributed by atoms with E-state index in [-0.39, 0.29) is 5.91 Å². The lowest BCUT2D eigenvalue weighted by Gasteiger charge is -2.09. The first-order chi connectivity index (χ1) is 12.6. The highest BCUT2D eigenvalue weighted by molar-refractivity contribution is 7.13. The van der Waals surface area contributed by atoms with Gasteiger partial charge in [-0.25, -0.2) is 4.98 Å². The van der Waals surface area contributed by atoms with E-state index >= 15 is 0 Å². The molecule has 0 saturated heterocycles. The van der Waals surface area contributed by atoms with E-state index < -0.39 is 0 Å². The monoisotopic (exact) mass is 373 g/mol. The van der Waals surface area contributed by atoms with Crippen LogP contribution >= 0.6 is 11.3 Å². The molecule has 0 radical (unpaired) electrons. The van der Waals surface area contributed by atoms with Gasteiger partial charge in [-0.2, -0.15) is 0 Å². The van der Waals surface area contributed by atoms with E-state index in [1.165, 1.54) is 0 Å². The van der Waals surface area contributed by atoms with Crippen molar-refractivity contribution in [1.82, 2.24) is 15.5 Å². The number of nitrogens with one attached hydrogen (secondary N) is 1. The van der Waals surface area contributed by atoms with Crippen LogP contribution in [0.4, 0.5) is 0 Å². The highest BCUT2D eigenvalue weighted by atomic mass is 32.1. The van der Waals surface area contributed by atoms with Gasteiger partial charge in [0.25, 0.3) is 11.6 Å². The van der Waals surface area contributed by atoms with Crippen LogP contribution in [0.1, 0.15) is 36.3 Å². The number of aromatic nitrogens is 2. The molecule has 0 saturated carbocycles. The van der Waals surface area contributed by atoms with E-state index in [4.69, 9.17) is 9.26 Å². The summed E-state index contributed by atoms with van der Waals surface area (Å²) in [4.78, 5) is 18.2. The van der Waals surface area contributed by atoms with Crippen LogP contribution in [0.25, 0.3) is 21.7 Å². The van der Waals surface area contributed by atoms with Crippen LogP contribution in [-0.2, 0) is 4.74 Å². The van der Waals surface area contributed by atoms with Crippen LogP contribution in [0.3, 0.4) is 0 Å². The molecular weight excluding hydrogens is 350 g/mol. The zero-order valence-electron chi connectivity index (χ0n) is 15.2. The number of aryl methyl sites for hydroxylation is 1. The van der Waals surface area contributed by atoms with E-state index in [2.05, 4.69) is 29.3 Å². The number of rotatable bonds is 8. The Hall–Kier alpha value is -2.25. The summed E-state index contributed by atoms with van der Waals surface area (Å²) in [6.07, 6.45) is 0.771. The number of thiophene rings is 1. The minimum Gasteiger partial charge on any atom is -0.381 e. The third-order valence-corrected chi connectivity index (χ3v) is 4.73. The van der Waals surface area contributed by atoms with E-state index in [1.54, 1.807) is 11.3 Å². The minimum atomic E-state index is -0.148. The number of fused-ring (bicyclic) bond motifs is 1. The van der Waals surface area contributed by atoms with Gasteiger partial charge in [0.05, 0.1) is 27.2 Å². The molecule has 0 aliphatic carbocycles. The average Bonchev–Trinajstić information content (AvgIpc) is 3.27.